The lowest BCUT2D eigenvalue weighted by molar-refractivity contribution is 0.396. The summed E-state index contributed by atoms with van der Waals surface area (Å²) >= 11 is 0. The van der Waals surface area contributed by atoms with Gasteiger partial charge in [-0.1, -0.05) is 6.07 Å². The van der Waals surface area contributed by atoms with Gasteiger partial charge in [-0.15, -0.1) is 0 Å². The molecule has 0 saturated carbocycles. The molecule has 2 fully saturated rings. The molecule has 3 rings (SSSR count). The highest BCUT2D eigenvalue weighted by Crippen LogP contribution is 2.39. The summed E-state index contributed by atoms with van der Waals surface area (Å²) in [6.07, 6.45) is 5.91. The van der Waals surface area contributed by atoms with Crippen molar-refractivity contribution in [2.45, 2.75) is 37.3 Å². The Morgan fingerprint density at radius 1 is 1.40 bits per heavy atom. The molecule has 0 amide bonds. The first-order valence-electron chi connectivity index (χ1n) is 5.63. The largest absolute Gasteiger partial charge is 0.481 e. The normalized spacial score (nSPS) is 33.3. The molecule has 2 bridgehead atoms. The van der Waals surface area contributed by atoms with Gasteiger partial charge in [0.15, 0.2) is 0 Å². The van der Waals surface area contributed by atoms with Crippen molar-refractivity contribution >= 4 is 0 Å². The first-order valence-corrected chi connectivity index (χ1v) is 5.63. The van der Waals surface area contributed by atoms with Crippen molar-refractivity contribution in [2.24, 2.45) is 0 Å². The van der Waals surface area contributed by atoms with Gasteiger partial charge in [0.05, 0.1) is 7.11 Å². The monoisotopic (exact) mass is 204 g/mol. The van der Waals surface area contributed by atoms with Crippen LogP contribution >= 0.6 is 0 Å². The molecule has 2 aliphatic rings. The molecule has 1 aromatic heterocycles. The summed E-state index contributed by atoms with van der Waals surface area (Å²) in [7, 11) is 1.65. The number of hydrogen-bond acceptors (Lipinski definition) is 3. The summed E-state index contributed by atoms with van der Waals surface area (Å²) in [5.74, 6) is 1.37. The van der Waals surface area contributed by atoms with E-state index < -0.39 is 0 Å². The van der Waals surface area contributed by atoms with E-state index in [1.807, 2.05) is 12.3 Å². The first-order chi connectivity index (χ1) is 7.36. The number of nitrogens with zero attached hydrogens (tertiary/aromatic N) is 1. The Balaban J connectivity index is 1.81. The van der Waals surface area contributed by atoms with Crippen LogP contribution in [0.1, 0.15) is 30.7 Å². The van der Waals surface area contributed by atoms with Gasteiger partial charge in [-0.25, -0.2) is 4.98 Å². The summed E-state index contributed by atoms with van der Waals surface area (Å²) < 4.78 is 5.07. The highest BCUT2D eigenvalue weighted by molar-refractivity contribution is 5.25. The zero-order chi connectivity index (χ0) is 10.3. The van der Waals surface area contributed by atoms with Crippen LogP contribution in [0.15, 0.2) is 18.3 Å². The highest BCUT2D eigenvalue weighted by atomic mass is 16.5. The predicted molar refractivity (Wildman–Crippen MR) is 58.1 cm³/mol. The van der Waals surface area contributed by atoms with Crippen molar-refractivity contribution in [3.8, 4) is 5.88 Å². The third kappa shape index (κ3) is 1.51. The number of fused-ring (bicyclic) bond motifs is 2. The quantitative estimate of drug-likeness (QED) is 0.796. The molecular formula is C12H16N2O. The number of aromatic nitrogens is 1. The van der Waals surface area contributed by atoms with Gasteiger partial charge < -0.3 is 10.1 Å². The fourth-order valence-corrected chi connectivity index (χ4v) is 2.92. The van der Waals surface area contributed by atoms with Crippen LogP contribution in [0.25, 0.3) is 0 Å². The van der Waals surface area contributed by atoms with Crippen LogP contribution in [-0.2, 0) is 0 Å². The number of ether oxygens (including phenoxy) is 1. The lowest BCUT2D eigenvalue weighted by Crippen LogP contribution is -2.21. The highest BCUT2D eigenvalue weighted by Gasteiger charge is 2.39. The van der Waals surface area contributed by atoms with Crippen LogP contribution in [0.5, 0.6) is 5.88 Å². The summed E-state index contributed by atoms with van der Waals surface area (Å²) in [6, 6.07) is 5.55. The number of methoxy groups -OCH3 is 1. The molecule has 3 heteroatoms. The van der Waals surface area contributed by atoms with Gasteiger partial charge in [-0.3, -0.25) is 0 Å². The van der Waals surface area contributed by atoms with Crippen LogP contribution in [0.3, 0.4) is 0 Å². The molecule has 80 valence electrons. The maximum absolute atomic E-state index is 5.07. The van der Waals surface area contributed by atoms with Gasteiger partial charge in [0, 0.05) is 30.3 Å². The van der Waals surface area contributed by atoms with Gasteiger partial charge in [0.1, 0.15) is 0 Å². The van der Waals surface area contributed by atoms with Crippen LogP contribution in [0, 0.1) is 0 Å². The van der Waals surface area contributed by atoms with Gasteiger partial charge in [0.2, 0.25) is 5.88 Å². The van der Waals surface area contributed by atoms with Crippen molar-refractivity contribution < 1.29 is 4.74 Å². The third-order valence-electron chi connectivity index (χ3n) is 3.70. The van der Waals surface area contributed by atoms with E-state index >= 15 is 0 Å². The van der Waals surface area contributed by atoms with Crippen molar-refractivity contribution in [2.75, 3.05) is 7.11 Å². The van der Waals surface area contributed by atoms with E-state index in [-0.39, 0.29) is 0 Å². The van der Waals surface area contributed by atoms with Gasteiger partial charge in [-0.2, -0.15) is 0 Å². The molecule has 1 N–H and O–H groups in total. The van der Waals surface area contributed by atoms with Crippen LogP contribution < -0.4 is 10.1 Å². The molecule has 0 aromatic carbocycles. The first kappa shape index (κ1) is 9.16. The summed E-state index contributed by atoms with van der Waals surface area (Å²) in [4.78, 5) is 4.28. The van der Waals surface area contributed by atoms with Crippen molar-refractivity contribution in [3.63, 3.8) is 0 Å². The molecule has 2 aliphatic heterocycles. The molecule has 0 spiro atoms. The lowest BCUT2D eigenvalue weighted by atomic mass is 9.85. The zero-order valence-electron chi connectivity index (χ0n) is 8.94. The maximum Gasteiger partial charge on any atom is 0.212 e. The predicted octanol–water partition coefficient (Wildman–Crippen LogP) is 1.70. The molecule has 1 aromatic rings. The average Bonchev–Trinajstić information content (AvgIpc) is 2.91. The number of rotatable bonds is 2. The topological polar surface area (TPSA) is 34.1 Å². The Kier molecular flexibility index (Phi) is 2.13. The Morgan fingerprint density at radius 2 is 2.33 bits per heavy atom. The molecule has 3 heterocycles. The van der Waals surface area contributed by atoms with Gasteiger partial charge >= 0.3 is 0 Å². The van der Waals surface area contributed by atoms with Crippen molar-refractivity contribution in [3.05, 3.63) is 23.9 Å². The summed E-state index contributed by atoms with van der Waals surface area (Å²) in [6.45, 7) is 0. The second-order valence-corrected chi connectivity index (χ2v) is 4.52. The van der Waals surface area contributed by atoms with E-state index in [4.69, 9.17) is 4.74 Å². The lowest BCUT2D eigenvalue weighted by Gasteiger charge is -2.20. The van der Waals surface area contributed by atoms with Crippen molar-refractivity contribution in [1.82, 2.24) is 10.3 Å². The second-order valence-electron chi connectivity index (χ2n) is 4.52. The smallest absolute Gasteiger partial charge is 0.212 e. The fourth-order valence-electron chi connectivity index (χ4n) is 2.92. The Bertz CT molecular complexity index is 349. The molecule has 0 unspecified atom stereocenters. The van der Waals surface area contributed by atoms with E-state index in [0.717, 1.165) is 6.04 Å². The molecule has 0 aliphatic carbocycles. The Hall–Kier alpha value is -1.09. The minimum atomic E-state index is 0.669. The molecule has 3 nitrogen and oxygen atoms in total. The van der Waals surface area contributed by atoms with E-state index in [2.05, 4.69) is 16.4 Å². The minimum absolute atomic E-state index is 0.669. The summed E-state index contributed by atoms with van der Waals surface area (Å²) in [5, 5.41) is 3.65. The average molecular weight is 204 g/mol. The minimum Gasteiger partial charge on any atom is -0.481 e. The number of pyridine rings is 1. The van der Waals surface area contributed by atoms with Crippen LogP contribution in [-0.4, -0.2) is 24.2 Å². The fraction of sp³-hybridized carbons (Fsp3) is 0.583. The van der Waals surface area contributed by atoms with Gasteiger partial charge in [0.25, 0.3) is 0 Å². The van der Waals surface area contributed by atoms with E-state index in [0.29, 0.717) is 17.8 Å². The third-order valence-corrected chi connectivity index (χ3v) is 3.70. The van der Waals surface area contributed by atoms with Crippen molar-refractivity contribution in [1.29, 1.82) is 0 Å². The molecule has 2 saturated heterocycles. The SMILES string of the molecule is COc1ccc([C@@H]2C[C@H]3CC[C@@H]2N3)cn1. The number of nitrogens with one attached hydrogen (secondary N) is 1. The van der Waals surface area contributed by atoms with E-state index in [1.165, 1.54) is 24.8 Å². The summed E-state index contributed by atoms with van der Waals surface area (Å²) in [5.41, 5.74) is 1.36. The van der Waals surface area contributed by atoms with E-state index in [1.54, 1.807) is 7.11 Å². The molecule has 0 radical (unpaired) electrons. The molecule has 15 heavy (non-hydrogen) atoms. The van der Waals surface area contributed by atoms with Gasteiger partial charge in [-0.05, 0) is 24.8 Å². The standard InChI is InChI=1S/C12H16N2O/c1-15-12-5-2-8(7-13-12)10-6-9-3-4-11(10)14-9/h2,5,7,9-11,14H,3-4,6H2,1H3/t9-,10+,11+/m1/s1. The maximum atomic E-state index is 5.07. The van der Waals surface area contributed by atoms with E-state index in [9.17, 15) is 0 Å². The second kappa shape index (κ2) is 3.49. The Labute approximate surface area is 89.9 Å². The molecular weight excluding hydrogens is 188 g/mol. The number of hydrogen-bond donors (Lipinski definition) is 1. The van der Waals surface area contributed by atoms with Crippen LogP contribution in [0.2, 0.25) is 0 Å². The molecule has 3 atom stereocenters. The van der Waals surface area contributed by atoms with Crippen LogP contribution in [0.4, 0.5) is 0 Å². The Morgan fingerprint density at radius 3 is 2.87 bits per heavy atom. The zero-order valence-corrected chi connectivity index (χ0v) is 8.94.